The Morgan fingerprint density at radius 1 is 1.42 bits per heavy atom. The minimum absolute atomic E-state index is 0.120. The lowest BCUT2D eigenvalue weighted by molar-refractivity contribution is -0.116. The van der Waals surface area contributed by atoms with E-state index in [1.807, 2.05) is 0 Å². The van der Waals surface area contributed by atoms with Gasteiger partial charge in [0.25, 0.3) is 0 Å². The van der Waals surface area contributed by atoms with Gasteiger partial charge in [-0.3, -0.25) is 4.90 Å². The van der Waals surface area contributed by atoms with Crippen molar-refractivity contribution in [2.45, 2.75) is 50.5 Å². The molecule has 12 heavy (non-hydrogen) atoms. The van der Waals surface area contributed by atoms with E-state index in [2.05, 4.69) is 24.1 Å². The van der Waals surface area contributed by atoms with E-state index in [9.17, 15) is 5.11 Å². The normalized spacial score (nSPS) is 67.8. The Kier molecular flexibility index (Phi) is 1.22. The SMILES string of the molecule is C[C@@H]1N[C@@H]1C1O[C@@H](O)[C@@H]2[C@H](C)N12. The number of rotatable bonds is 1. The third-order valence-electron chi connectivity index (χ3n) is 3.28. The molecule has 0 saturated carbocycles. The smallest absolute Gasteiger partial charge is 0.173 e. The van der Waals surface area contributed by atoms with Crippen LogP contribution in [-0.4, -0.2) is 46.7 Å². The third-order valence-corrected chi connectivity index (χ3v) is 3.28. The number of hydrogen-bond acceptors (Lipinski definition) is 4. The van der Waals surface area contributed by atoms with Gasteiger partial charge in [0.05, 0.1) is 12.1 Å². The first-order valence-corrected chi connectivity index (χ1v) is 4.57. The van der Waals surface area contributed by atoms with Crippen LogP contribution in [0.15, 0.2) is 0 Å². The van der Waals surface area contributed by atoms with Crippen LogP contribution < -0.4 is 5.32 Å². The Hall–Kier alpha value is -0.160. The molecule has 3 rings (SSSR count). The maximum absolute atomic E-state index is 9.45. The highest BCUT2D eigenvalue weighted by molar-refractivity contribution is 5.14. The maximum atomic E-state index is 9.45. The molecule has 0 bridgehead atoms. The molecule has 0 aromatic rings. The number of nitrogens with zero attached hydrogens (tertiary/aromatic N) is 1. The van der Waals surface area contributed by atoms with Crippen molar-refractivity contribution in [2.75, 3.05) is 0 Å². The molecule has 0 spiro atoms. The molecule has 3 aliphatic rings. The van der Waals surface area contributed by atoms with E-state index in [1.165, 1.54) is 0 Å². The predicted molar refractivity (Wildman–Crippen MR) is 42.4 cm³/mol. The molecule has 0 aromatic carbocycles. The molecule has 7 atom stereocenters. The van der Waals surface area contributed by atoms with E-state index in [-0.39, 0.29) is 12.3 Å². The standard InChI is InChI=1S/C8H14N2O2/c1-3-5(9-3)7-10-4(2)6(10)8(11)12-7/h3-9,11H,1-2H3/t3-,4-,5-,6-,7?,8+,10?/m0/s1. The summed E-state index contributed by atoms with van der Waals surface area (Å²) in [6.45, 7) is 4.28. The fourth-order valence-corrected chi connectivity index (χ4v) is 2.32. The summed E-state index contributed by atoms with van der Waals surface area (Å²) in [4.78, 5) is 2.24. The molecule has 2 N–H and O–H groups in total. The van der Waals surface area contributed by atoms with Gasteiger partial charge in [-0.15, -0.1) is 0 Å². The second kappa shape index (κ2) is 2.01. The minimum Gasteiger partial charge on any atom is -0.366 e. The van der Waals surface area contributed by atoms with E-state index < -0.39 is 6.29 Å². The Bertz CT molecular complexity index is 223. The summed E-state index contributed by atoms with van der Waals surface area (Å²) in [5.74, 6) is 0. The van der Waals surface area contributed by atoms with Crippen LogP contribution in [0.5, 0.6) is 0 Å². The molecule has 3 saturated heterocycles. The van der Waals surface area contributed by atoms with Crippen molar-refractivity contribution in [3.05, 3.63) is 0 Å². The Morgan fingerprint density at radius 3 is 2.50 bits per heavy atom. The van der Waals surface area contributed by atoms with Crippen LogP contribution in [0.25, 0.3) is 0 Å². The monoisotopic (exact) mass is 170 g/mol. The van der Waals surface area contributed by atoms with Gasteiger partial charge in [-0.2, -0.15) is 0 Å². The van der Waals surface area contributed by atoms with Gasteiger partial charge in [0, 0.05) is 12.1 Å². The zero-order chi connectivity index (χ0) is 8.46. The highest BCUT2D eigenvalue weighted by Gasteiger charge is 2.64. The molecule has 0 aliphatic carbocycles. The molecule has 0 aromatic heterocycles. The second-order valence-electron chi connectivity index (χ2n) is 4.08. The van der Waals surface area contributed by atoms with Crippen LogP contribution in [0.2, 0.25) is 0 Å². The minimum atomic E-state index is -0.556. The number of hydrogen-bond donors (Lipinski definition) is 2. The lowest BCUT2D eigenvalue weighted by Gasteiger charge is -2.14. The van der Waals surface area contributed by atoms with Crippen LogP contribution in [0, 0.1) is 0 Å². The topological polar surface area (TPSA) is 54.4 Å². The van der Waals surface area contributed by atoms with E-state index >= 15 is 0 Å². The Balaban J connectivity index is 1.74. The molecule has 3 fully saturated rings. The average molecular weight is 170 g/mol. The first-order valence-electron chi connectivity index (χ1n) is 4.57. The third kappa shape index (κ3) is 0.758. The molecular weight excluding hydrogens is 156 g/mol. The fraction of sp³-hybridized carbons (Fsp3) is 1.00. The molecular formula is C8H14N2O2. The van der Waals surface area contributed by atoms with Crippen molar-refractivity contribution in [3.8, 4) is 0 Å². The maximum Gasteiger partial charge on any atom is 0.173 e. The first kappa shape index (κ1) is 7.26. The average Bonchev–Trinajstić information content (AvgIpc) is 2.82. The highest BCUT2D eigenvalue weighted by Crippen LogP contribution is 2.44. The van der Waals surface area contributed by atoms with Crippen LogP contribution in [0.3, 0.4) is 0 Å². The predicted octanol–water partition coefficient (Wildman–Crippen LogP) is -0.906. The first-order chi connectivity index (χ1) is 5.70. The van der Waals surface area contributed by atoms with Gasteiger partial charge in [-0.05, 0) is 13.8 Å². The summed E-state index contributed by atoms with van der Waals surface area (Å²) >= 11 is 0. The van der Waals surface area contributed by atoms with E-state index in [0.29, 0.717) is 18.1 Å². The summed E-state index contributed by atoms with van der Waals surface area (Å²) in [5.41, 5.74) is 0. The molecule has 3 heterocycles. The van der Waals surface area contributed by atoms with Gasteiger partial charge in [-0.1, -0.05) is 0 Å². The summed E-state index contributed by atoms with van der Waals surface area (Å²) in [6.07, 6.45) is -0.436. The summed E-state index contributed by atoms with van der Waals surface area (Å²) in [5, 5.41) is 12.7. The van der Waals surface area contributed by atoms with Crippen LogP contribution in [0.1, 0.15) is 13.8 Å². The van der Waals surface area contributed by atoms with Gasteiger partial charge < -0.3 is 15.2 Å². The summed E-state index contributed by atoms with van der Waals surface area (Å²) in [6, 6.07) is 1.77. The molecule has 4 heteroatoms. The molecule has 0 amide bonds. The van der Waals surface area contributed by atoms with Crippen LogP contribution in [-0.2, 0) is 4.74 Å². The van der Waals surface area contributed by atoms with Crippen LogP contribution >= 0.6 is 0 Å². The molecule has 68 valence electrons. The van der Waals surface area contributed by atoms with Gasteiger partial charge in [-0.25, -0.2) is 0 Å². The van der Waals surface area contributed by atoms with Gasteiger partial charge in [0.15, 0.2) is 6.29 Å². The lowest BCUT2D eigenvalue weighted by Crippen LogP contribution is -2.30. The number of aliphatic hydroxyl groups is 1. The highest BCUT2D eigenvalue weighted by atomic mass is 16.6. The Morgan fingerprint density at radius 2 is 2.08 bits per heavy atom. The Labute approximate surface area is 71.5 Å². The van der Waals surface area contributed by atoms with Gasteiger partial charge >= 0.3 is 0 Å². The molecule has 2 unspecified atom stereocenters. The van der Waals surface area contributed by atoms with Gasteiger partial charge in [0.1, 0.15) is 6.23 Å². The largest absolute Gasteiger partial charge is 0.366 e. The van der Waals surface area contributed by atoms with Crippen molar-refractivity contribution in [1.82, 2.24) is 10.2 Å². The van der Waals surface area contributed by atoms with Crippen molar-refractivity contribution in [1.29, 1.82) is 0 Å². The van der Waals surface area contributed by atoms with Crippen molar-refractivity contribution >= 4 is 0 Å². The fourth-order valence-electron chi connectivity index (χ4n) is 2.32. The van der Waals surface area contributed by atoms with E-state index in [1.54, 1.807) is 0 Å². The number of aliphatic hydroxyl groups excluding tert-OH is 1. The van der Waals surface area contributed by atoms with Crippen molar-refractivity contribution < 1.29 is 9.84 Å². The number of fused-ring (bicyclic) bond motifs is 1. The summed E-state index contributed by atoms with van der Waals surface area (Å²) in [7, 11) is 0. The molecule has 4 nitrogen and oxygen atoms in total. The molecule has 0 radical (unpaired) electrons. The zero-order valence-corrected chi connectivity index (χ0v) is 7.27. The van der Waals surface area contributed by atoms with Crippen molar-refractivity contribution in [2.24, 2.45) is 0 Å². The van der Waals surface area contributed by atoms with Crippen molar-refractivity contribution in [3.63, 3.8) is 0 Å². The summed E-state index contributed by atoms with van der Waals surface area (Å²) < 4.78 is 5.41. The molecule has 3 aliphatic heterocycles. The number of nitrogens with one attached hydrogen (secondary N) is 1. The van der Waals surface area contributed by atoms with Crippen LogP contribution in [0.4, 0.5) is 0 Å². The van der Waals surface area contributed by atoms with E-state index in [4.69, 9.17) is 4.74 Å². The lowest BCUT2D eigenvalue weighted by atomic mass is 10.3. The second-order valence-corrected chi connectivity index (χ2v) is 4.08. The van der Waals surface area contributed by atoms with E-state index in [0.717, 1.165) is 0 Å². The van der Waals surface area contributed by atoms with Gasteiger partial charge in [0.2, 0.25) is 0 Å². The quantitative estimate of drug-likeness (QED) is 0.500. The number of ether oxygens (including phenoxy) is 1. The zero-order valence-electron chi connectivity index (χ0n) is 7.27.